The molecule has 0 fully saturated rings. The quantitative estimate of drug-likeness (QED) is 0.730. The van der Waals surface area contributed by atoms with E-state index in [4.69, 9.17) is 9.84 Å². The normalized spacial score (nSPS) is 12.8. The maximum absolute atomic E-state index is 11.6. The first-order chi connectivity index (χ1) is 9.23. The van der Waals surface area contributed by atoms with Crippen molar-refractivity contribution in [2.75, 3.05) is 12.4 Å². The summed E-state index contributed by atoms with van der Waals surface area (Å²) in [6, 6.07) is -0.337. The summed E-state index contributed by atoms with van der Waals surface area (Å²) in [4.78, 5) is 28.9. The Labute approximate surface area is 117 Å². The van der Waals surface area contributed by atoms with E-state index in [1.54, 1.807) is 0 Å². The number of rotatable bonds is 6. The average Bonchev–Trinajstić information content (AvgIpc) is 2.25. The van der Waals surface area contributed by atoms with Crippen LogP contribution in [0.3, 0.4) is 0 Å². The number of hydrogen-bond acceptors (Lipinski definition) is 5. The van der Waals surface area contributed by atoms with Crippen LogP contribution in [0.1, 0.15) is 33.6 Å². The Balaban J connectivity index is 2.97. The second-order valence-electron chi connectivity index (χ2n) is 5.82. The lowest BCUT2D eigenvalue weighted by Crippen LogP contribution is -2.29. The molecule has 7 heteroatoms. The maximum atomic E-state index is 11.6. The first kappa shape index (κ1) is 16.0. The Morgan fingerprint density at radius 1 is 1.55 bits per heavy atom. The summed E-state index contributed by atoms with van der Waals surface area (Å²) < 4.78 is 5.00. The molecule has 7 nitrogen and oxygen atoms in total. The fourth-order valence-corrected chi connectivity index (χ4v) is 2.00. The third kappa shape index (κ3) is 4.91. The molecule has 1 unspecified atom stereocenters. The largest absolute Gasteiger partial charge is 0.489 e. The van der Waals surface area contributed by atoms with E-state index < -0.39 is 11.5 Å². The summed E-state index contributed by atoms with van der Waals surface area (Å²) in [6.07, 6.45) is 1.81. The van der Waals surface area contributed by atoms with Crippen LogP contribution < -0.4 is 15.6 Å². The molecule has 112 valence electrons. The van der Waals surface area contributed by atoms with Gasteiger partial charge >= 0.3 is 5.97 Å². The van der Waals surface area contributed by atoms with E-state index >= 15 is 0 Å². The van der Waals surface area contributed by atoms with Gasteiger partial charge in [-0.1, -0.05) is 20.8 Å². The Bertz CT molecular complexity index is 519. The van der Waals surface area contributed by atoms with Crippen LogP contribution in [0.25, 0.3) is 0 Å². The number of methoxy groups -OCH3 is 1. The van der Waals surface area contributed by atoms with E-state index in [-0.39, 0.29) is 29.4 Å². The highest BCUT2D eigenvalue weighted by Crippen LogP contribution is 2.25. The standard InChI is InChI=1S/C13H21N3O4/c1-13(2,3)6-8(5-9(17)18)16-11-10(20-4)12(19)15-7-14-11/h7-8H,5-6H2,1-4H3,(H,17,18)(H2,14,15,16,19). The number of carbonyl (C=O) groups is 1. The van der Waals surface area contributed by atoms with Crippen molar-refractivity contribution in [1.29, 1.82) is 0 Å². The van der Waals surface area contributed by atoms with Crippen LogP contribution in [0.5, 0.6) is 5.75 Å². The SMILES string of the molecule is COc1c(NC(CC(=O)O)CC(C)(C)C)nc[nH]c1=O. The zero-order chi connectivity index (χ0) is 15.3. The van der Waals surface area contributed by atoms with Crippen LogP contribution >= 0.6 is 0 Å². The summed E-state index contributed by atoms with van der Waals surface area (Å²) in [5.74, 6) is -0.598. The van der Waals surface area contributed by atoms with E-state index in [9.17, 15) is 9.59 Å². The number of ether oxygens (including phenoxy) is 1. The van der Waals surface area contributed by atoms with Gasteiger partial charge in [0.05, 0.1) is 19.9 Å². The molecule has 1 rings (SSSR count). The molecule has 1 aromatic heterocycles. The van der Waals surface area contributed by atoms with E-state index in [1.165, 1.54) is 13.4 Å². The molecular weight excluding hydrogens is 262 g/mol. The van der Waals surface area contributed by atoms with Crippen molar-refractivity contribution in [2.24, 2.45) is 5.41 Å². The van der Waals surface area contributed by atoms with Crippen LogP contribution in [0.15, 0.2) is 11.1 Å². The molecule has 0 amide bonds. The third-order valence-corrected chi connectivity index (χ3v) is 2.64. The Morgan fingerprint density at radius 2 is 2.20 bits per heavy atom. The van der Waals surface area contributed by atoms with Crippen molar-refractivity contribution >= 4 is 11.8 Å². The molecule has 1 atom stereocenters. The van der Waals surface area contributed by atoms with Crippen LogP contribution in [0, 0.1) is 5.41 Å². The first-order valence-electron chi connectivity index (χ1n) is 6.33. The summed E-state index contributed by atoms with van der Waals surface area (Å²) in [5.41, 5.74) is -0.462. The highest BCUT2D eigenvalue weighted by Gasteiger charge is 2.23. The van der Waals surface area contributed by atoms with E-state index in [0.717, 1.165) is 0 Å². The predicted molar refractivity (Wildman–Crippen MR) is 75.1 cm³/mol. The number of H-pyrrole nitrogens is 1. The van der Waals surface area contributed by atoms with Gasteiger partial charge in [0.25, 0.3) is 5.56 Å². The molecule has 0 saturated heterocycles. The number of carboxylic acid groups (broad SMARTS) is 1. The molecule has 0 aliphatic heterocycles. The fourth-order valence-electron chi connectivity index (χ4n) is 2.00. The molecule has 0 saturated carbocycles. The van der Waals surface area contributed by atoms with Gasteiger partial charge < -0.3 is 20.1 Å². The smallest absolute Gasteiger partial charge is 0.305 e. The molecule has 0 bridgehead atoms. The van der Waals surface area contributed by atoms with Crippen molar-refractivity contribution in [3.63, 3.8) is 0 Å². The zero-order valence-electron chi connectivity index (χ0n) is 12.2. The van der Waals surface area contributed by atoms with Crippen LogP contribution in [0.2, 0.25) is 0 Å². The lowest BCUT2D eigenvalue weighted by Gasteiger charge is -2.26. The molecule has 0 aliphatic rings. The molecule has 0 aliphatic carbocycles. The van der Waals surface area contributed by atoms with Crippen LogP contribution in [0.4, 0.5) is 5.82 Å². The average molecular weight is 283 g/mol. The Kier molecular flexibility index (Phi) is 5.12. The number of aromatic amines is 1. The number of anilines is 1. The molecule has 20 heavy (non-hydrogen) atoms. The molecular formula is C13H21N3O4. The fraction of sp³-hybridized carbons (Fsp3) is 0.615. The monoisotopic (exact) mass is 283 g/mol. The van der Waals surface area contributed by atoms with Gasteiger partial charge in [0.2, 0.25) is 5.75 Å². The van der Waals surface area contributed by atoms with Crippen LogP contribution in [-0.2, 0) is 4.79 Å². The number of nitrogens with one attached hydrogen (secondary N) is 2. The second kappa shape index (κ2) is 6.40. The van der Waals surface area contributed by atoms with Gasteiger partial charge in [-0.15, -0.1) is 0 Å². The highest BCUT2D eigenvalue weighted by atomic mass is 16.5. The van der Waals surface area contributed by atoms with Gasteiger partial charge in [-0.3, -0.25) is 9.59 Å². The first-order valence-corrected chi connectivity index (χ1v) is 6.33. The number of hydrogen-bond donors (Lipinski definition) is 3. The van der Waals surface area contributed by atoms with Crippen molar-refractivity contribution in [3.05, 3.63) is 16.7 Å². The van der Waals surface area contributed by atoms with Gasteiger partial charge in [-0.05, 0) is 11.8 Å². The second-order valence-corrected chi connectivity index (χ2v) is 5.82. The minimum absolute atomic E-state index is 0.0526. The minimum atomic E-state index is -0.907. The number of aliphatic carboxylic acids is 1. The summed E-state index contributed by atoms with van der Waals surface area (Å²) >= 11 is 0. The Hall–Kier alpha value is -2.05. The van der Waals surface area contributed by atoms with Crippen LogP contribution in [-0.4, -0.2) is 34.2 Å². The topological polar surface area (TPSA) is 104 Å². The lowest BCUT2D eigenvalue weighted by molar-refractivity contribution is -0.137. The van der Waals surface area contributed by atoms with E-state index in [0.29, 0.717) is 6.42 Å². The number of aromatic nitrogens is 2. The summed E-state index contributed by atoms with van der Waals surface area (Å²) in [6.45, 7) is 6.06. The summed E-state index contributed by atoms with van der Waals surface area (Å²) in [5, 5.41) is 12.0. The van der Waals surface area contributed by atoms with Crippen molar-refractivity contribution in [3.8, 4) is 5.75 Å². The molecule has 0 radical (unpaired) electrons. The maximum Gasteiger partial charge on any atom is 0.305 e. The van der Waals surface area contributed by atoms with Gasteiger partial charge in [-0.25, -0.2) is 4.98 Å². The van der Waals surface area contributed by atoms with E-state index in [2.05, 4.69) is 15.3 Å². The molecule has 1 aromatic rings. The number of carboxylic acids is 1. The van der Waals surface area contributed by atoms with E-state index in [1.807, 2.05) is 20.8 Å². The predicted octanol–water partition coefficient (Wildman–Crippen LogP) is 1.47. The zero-order valence-corrected chi connectivity index (χ0v) is 12.2. The van der Waals surface area contributed by atoms with Gasteiger partial charge in [-0.2, -0.15) is 0 Å². The lowest BCUT2D eigenvalue weighted by atomic mass is 9.87. The highest BCUT2D eigenvalue weighted by molar-refractivity contribution is 5.68. The molecule has 3 N–H and O–H groups in total. The van der Waals surface area contributed by atoms with Gasteiger partial charge in [0.1, 0.15) is 0 Å². The van der Waals surface area contributed by atoms with Gasteiger partial charge in [0, 0.05) is 6.04 Å². The molecule has 0 spiro atoms. The molecule has 1 heterocycles. The van der Waals surface area contributed by atoms with Crippen molar-refractivity contribution in [2.45, 2.75) is 39.7 Å². The summed E-state index contributed by atoms with van der Waals surface area (Å²) in [7, 11) is 1.37. The third-order valence-electron chi connectivity index (χ3n) is 2.64. The van der Waals surface area contributed by atoms with Gasteiger partial charge in [0.15, 0.2) is 5.82 Å². The van der Waals surface area contributed by atoms with Crippen molar-refractivity contribution < 1.29 is 14.6 Å². The molecule has 0 aromatic carbocycles. The Morgan fingerprint density at radius 3 is 2.70 bits per heavy atom. The van der Waals surface area contributed by atoms with Crippen molar-refractivity contribution in [1.82, 2.24) is 9.97 Å². The number of nitrogens with zero attached hydrogens (tertiary/aromatic N) is 1. The minimum Gasteiger partial charge on any atom is -0.489 e.